The molecule has 1 N–H and O–H groups in total. The van der Waals surface area contributed by atoms with E-state index in [1.165, 1.54) is 0 Å². The van der Waals surface area contributed by atoms with Gasteiger partial charge in [0.15, 0.2) is 5.82 Å². The third-order valence-electron chi connectivity index (χ3n) is 6.26. The van der Waals surface area contributed by atoms with Gasteiger partial charge in [-0.1, -0.05) is 30.3 Å². The van der Waals surface area contributed by atoms with Crippen LogP contribution in [0.15, 0.2) is 60.7 Å². The Balaban J connectivity index is 1.51. The van der Waals surface area contributed by atoms with Crippen molar-refractivity contribution < 1.29 is 45.6 Å². The van der Waals surface area contributed by atoms with Crippen molar-refractivity contribution in [1.82, 2.24) is 9.62 Å². The van der Waals surface area contributed by atoms with Gasteiger partial charge in [-0.2, -0.15) is 17.2 Å². The van der Waals surface area contributed by atoms with E-state index in [1.807, 2.05) is 0 Å². The number of fused-ring (bicyclic) bond motifs is 1. The molecule has 41 heavy (non-hydrogen) atoms. The normalized spacial score (nSPS) is 17.0. The van der Waals surface area contributed by atoms with Gasteiger partial charge in [-0.3, -0.25) is 19.8 Å². The first-order valence-corrected chi connectivity index (χ1v) is 13.2. The SMILES string of the molecule is O=C1CN(c2c(OCc3ccccc3)cc3c(c2F)CN(C(=O)Oc2ccc([N+](=O)[O-])cc2)CC3(F)F)S(=O)(=O)N1. The summed E-state index contributed by atoms with van der Waals surface area (Å²) in [6.45, 7) is -3.03. The average molecular weight is 593 g/mol. The fourth-order valence-electron chi connectivity index (χ4n) is 4.36. The maximum Gasteiger partial charge on any atom is 0.415 e. The second-order valence-electron chi connectivity index (χ2n) is 9.05. The lowest BCUT2D eigenvalue weighted by Gasteiger charge is -2.35. The number of ether oxygens (including phenoxy) is 2. The number of nitro groups is 1. The molecule has 3 aromatic rings. The summed E-state index contributed by atoms with van der Waals surface area (Å²) in [6.07, 6.45) is -1.31. The van der Waals surface area contributed by atoms with E-state index in [2.05, 4.69) is 0 Å². The lowest BCUT2D eigenvalue weighted by Crippen LogP contribution is -2.45. The molecule has 16 heteroatoms. The molecule has 0 aliphatic carbocycles. The van der Waals surface area contributed by atoms with Crippen LogP contribution in [-0.2, 0) is 34.1 Å². The Labute approximate surface area is 230 Å². The van der Waals surface area contributed by atoms with E-state index >= 15 is 13.2 Å². The number of nitro benzene ring substituents is 1. The smallest absolute Gasteiger partial charge is 0.415 e. The number of rotatable bonds is 6. The number of non-ortho nitro benzene ring substituents is 1. The molecule has 0 radical (unpaired) electrons. The predicted molar refractivity (Wildman–Crippen MR) is 135 cm³/mol. The summed E-state index contributed by atoms with van der Waals surface area (Å²) < 4.78 is 84.8. The van der Waals surface area contributed by atoms with Gasteiger partial charge in [-0.25, -0.2) is 18.2 Å². The number of benzene rings is 3. The monoisotopic (exact) mass is 592 g/mol. The third kappa shape index (κ3) is 5.45. The number of carbonyl (C=O) groups is 2. The van der Waals surface area contributed by atoms with Gasteiger partial charge in [0, 0.05) is 23.3 Å². The van der Waals surface area contributed by atoms with Crippen molar-refractivity contribution in [2.75, 3.05) is 17.4 Å². The molecule has 2 heterocycles. The summed E-state index contributed by atoms with van der Waals surface area (Å²) in [5, 5.41) is 10.8. The van der Waals surface area contributed by atoms with Crippen LogP contribution in [0.1, 0.15) is 16.7 Å². The minimum absolute atomic E-state index is 0.187. The zero-order valence-corrected chi connectivity index (χ0v) is 21.6. The Kier molecular flexibility index (Phi) is 6.94. The Morgan fingerprint density at radius 3 is 2.39 bits per heavy atom. The first-order chi connectivity index (χ1) is 19.4. The first-order valence-electron chi connectivity index (χ1n) is 11.8. The number of anilines is 1. The van der Waals surface area contributed by atoms with Gasteiger partial charge in [-0.15, -0.1) is 0 Å². The van der Waals surface area contributed by atoms with Crippen molar-refractivity contribution in [1.29, 1.82) is 0 Å². The molecule has 0 spiro atoms. The number of nitrogens with one attached hydrogen (secondary N) is 1. The van der Waals surface area contributed by atoms with E-state index in [0.717, 1.165) is 30.3 Å². The van der Waals surface area contributed by atoms with Gasteiger partial charge < -0.3 is 9.47 Å². The molecule has 0 bridgehead atoms. The zero-order valence-electron chi connectivity index (χ0n) is 20.8. The van der Waals surface area contributed by atoms with Crippen LogP contribution in [0, 0.1) is 15.9 Å². The molecule has 3 aromatic carbocycles. The zero-order chi connectivity index (χ0) is 29.5. The highest BCUT2D eigenvalue weighted by Crippen LogP contribution is 2.46. The number of nitrogens with zero attached hydrogens (tertiary/aromatic N) is 3. The van der Waals surface area contributed by atoms with Gasteiger partial charge in [0.25, 0.3) is 17.5 Å². The van der Waals surface area contributed by atoms with Crippen molar-refractivity contribution in [2.45, 2.75) is 19.1 Å². The summed E-state index contributed by atoms with van der Waals surface area (Å²) >= 11 is 0. The Morgan fingerprint density at radius 1 is 1.10 bits per heavy atom. The van der Waals surface area contributed by atoms with Crippen LogP contribution < -0.4 is 18.5 Å². The Hall–Kier alpha value is -4.86. The number of hydrogen-bond donors (Lipinski definition) is 1. The molecule has 12 nitrogen and oxygen atoms in total. The second kappa shape index (κ2) is 10.3. The summed E-state index contributed by atoms with van der Waals surface area (Å²) in [7, 11) is -4.58. The molecule has 2 aliphatic rings. The van der Waals surface area contributed by atoms with Crippen LogP contribution in [0.5, 0.6) is 11.5 Å². The summed E-state index contributed by atoms with van der Waals surface area (Å²) in [4.78, 5) is 35.3. The lowest BCUT2D eigenvalue weighted by atomic mass is 9.94. The molecule has 1 saturated heterocycles. The van der Waals surface area contributed by atoms with E-state index in [4.69, 9.17) is 9.47 Å². The highest BCUT2D eigenvalue weighted by atomic mass is 32.2. The van der Waals surface area contributed by atoms with Gasteiger partial charge in [0.05, 0.1) is 18.0 Å². The maximum atomic E-state index is 16.1. The highest BCUT2D eigenvalue weighted by molar-refractivity contribution is 7.92. The predicted octanol–water partition coefficient (Wildman–Crippen LogP) is 3.60. The van der Waals surface area contributed by atoms with Crippen LogP contribution in [0.4, 0.5) is 29.3 Å². The van der Waals surface area contributed by atoms with E-state index < -0.39 is 81.1 Å². The van der Waals surface area contributed by atoms with Crippen LogP contribution in [0.3, 0.4) is 0 Å². The summed E-state index contributed by atoms with van der Waals surface area (Å²) in [6, 6.07) is 13.4. The van der Waals surface area contributed by atoms with Gasteiger partial charge in [0.2, 0.25) is 0 Å². The van der Waals surface area contributed by atoms with Crippen LogP contribution >= 0.6 is 0 Å². The van der Waals surface area contributed by atoms with Crippen LogP contribution in [0.25, 0.3) is 0 Å². The Bertz CT molecular complexity index is 1650. The largest absolute Gasteiger partial charge is 0.487 e. The van der Waals surface area contributed by atoms with Gasteiger partial charge in [0.1, 0.15) is 30.3 Å². The number of hydrogen-bond acceptors (Lipinski definition) is 8. The number of halogens is 3. The molecule has 5 rings (SSSR count). The molecular weight excluding hydrogens is 573 g/mol. The van der Waals surface area contributed by atoms with E-state index in [1.54, 1.807) is 35.1 Å². The number of carbonyl (C=O) groups excluding carboxylic acids is 2. The quantitative estimate of drug-likeness (QED) is 0.337. The van der Waals surface area contributed by atoms with Gasteiger partial charge >= 0.3 is 16.3 Å². The van der Waals surface area contributed by atoms with Crippen LogP contribution in [-0.4, -0.2) is 43.3 Å². The third-order valence-corrected chi connectivity index (χ3v) is 7.63. The molecule has 0 atom stereocenters. The number of amides is 2. The van der Waals surface area contributed by atoms with Gasteiger partial charge in [-0.05, 0) is 23.8 Å². The molecule has 0 aromatic heterocycles. The molecular formula is C25H19F3N4O8S. The molecule has 0 unspecified atom stereocenters. The lowest BCUT2D eigenvalue weighted by molar-refractivity contribution is -0.384. The van der Waals surface area contributed by atoms with E-state index in [-0.39, 0.29) is 18.0 Å². The fraction of sp³-hybridized carbons (Fsp3) is 0.200. The Morgan fingerprint density at radius 2 is 1.78 bits per heavy atom. The van der Waals surface area contributed by atoms with Crippen LogP contribution in [0.2, 0.25) is 0 Å². The molecule has 2 aliphatic heterocycles. The van der Waals surface area contributed by atoms with Crippen molar-refractivity contribution in [3.8, 4) is 11.5 Å². The summed E-state index contributed by atoms with van der Waals surface area (Å²) in [5.41, 5.74) is -2.05. The minimum Gasteiger partial charge on any atom is -0.487 e. The topological polar surface area (TPSA) is 148 Å². The molecule has 214 valence electrons. The van der Waals surface area contributed by atoms with E-state index in [0.29, 0.717) is 14.8 Å². The average Bonchev–Trinajstić information content (AvgIpc) is 3.19. The first kappa shape index (κ1) is 27.7. The number of alkyl halides is 2. The molecule has 1 fully saturated rings. The molecule has 2 amide bonds. The fourth-order valence-corrected chi connectivity index (χ4v) is 5.52. The van der Waals surface area contributed by atoms with Crippen molar-refractivity contribution in [2.24, 2.45) is 0 Å². The van der Waals surface area contributed by atoms with Crippen molar-refractivity contribution >= 4 is 33.6 Å². The van der Waals surface area contributed by atoms with Crippen molar-refractivity contribution in [3.63, 3.8) is 0 Å². The van der Waals surface area contributed by atoms with Crippen molar-refractivity contribution in [3.05, 3.63) is 93.3 Å². The highest BCUT2D eigenvalue weighted by Gasteiger charge is 2.47. The minimum atomic E-state index is -4.58. The maximum absolute atomic E-state index is 16.1. The molecule has 0 saturated carbocycles. The summed E-state index contributed by atoms with van der Waals surface area (Å²) in [5.74, 6) is -6.97. The standard InChI is InChI=1S/C25H19F3N4O8S/c26-22-18-11-30(24(34)40-17-8-6-16(7-9-17)32(35)36)14-25(27,28)19(18)10-20(39-13-15-4-2-1-3-5-15)23(22)31-12-21(33)29-41(31,37)38/h1-10H,11-14H2,(H,29,33). The van der Waals surface area contributed by atoms with E-state index in [9.17, 15) is 28.1 Å². The second-order valence-corrected chi connectivity index (χ2v) is 10.6.